The van der Waals surface area contributed by atoms with Crippen LogP contribution in [0.3, 0.4) is 0 Å². The lowest BCUT2D eigenvalue weighted by Crippen LogP contribution is -2.81. The van der Waals surface area contributed by atoms with Crippen LogP contribution >= 0.6 is 31.9 Å². The normalized spacial score (nSPS) is 11.5. The van der Waals surface area contributed by atoms with Gasteiger partial charge < -0.3 is 0 Å². The predicted molar refractivity (Wildman–Crippen MR) is 180 cm³/mol. The van der Waals surface area contributed by atoms with Crippen molar-refractivity contribution in [1.82, 2.24) is 4.98 Å². The first kappa shape index (κ1) is 47.5. The van der Waals surface area contributed by atoms with E-state index in [1.807, 2.05) is 30.3 Å². The van der Waals surface area contributed by atoms with Crippen LogP contribution in [0.25, 0.3) is 0 Å². The van der Waals surface area contributed by atoms with Crippen LogP contribution in [-0.4, -0.2) is 16.9 Å². The van der Waals surface area contributed by atoms with E-state index >= 15 is 35.1 Å². The summed E-state index contributed by atoms with van der Waals surface area (Å²) in [5, 5.41) is 0. The molecule has 0 radical (unpaired) electrons. The van der Waals surface area contributed by atoms with Gasteiger partial charge in [-0.3, -0.25) is 4.79 Å². The third-order valence-corrected chi connectivity index (χ3v) is 10.0. The molecule has 0 saturated carbocycles. The van der Waals surface area contributed by atoms with Crippen LogP contribution in [0.15, 0.2) is 51.9 Å². The Bertz CT molecular complexity index is 2450. The van der Waals surface area contributed by atoms with Crippen molar-refractivity contribution in [2.75, 3.05) is 0 Å². The second kappa shape index (κ2) is 17.7. The fourth-order valence-electron chi connectivity index (χ4n) is 6.28. The Morgan fingerprint density at radius 3 is 0.968 bits per heavy atom. The van der Waals surface area contributed by atoms with Crippen molar-refractivity contribution in [3.8, 4) is 0 Å². The monoisotopic (exact) mass is 1030 g/mol. The average Bonchev–Trinajstić information content (AvgIpc) is 3.25. The molecule has 0 unspecified atom stereocenters. The molecule has 0 aliphatic carbocycles. The van der Waals surface area contributed by atoms with E-state index in [-0.39, 0.29) is 12.3 Å². The van der Waals surface area contributed by atoms with E-state index < -0.39 is 144 Å². The molecule has 0 fully saturated rings. The van der Waals surface area contributed by atoms with Gasteiger partial charge in [-0.05, 0) is 15.9 Å². The molecule has 5 aromatic carbocycles. The summed E-state index contributed by atoms with van der Waals surface area (Å²) in [6, 6.07) is 9.23. The Morgan fingerprint density at radius 1 is 0.435 bits per heavy atom. The van der Waals surface area contributed by atoms with Crippen LogP contribution in [0.5, 0.6) is 0 Å². The topological polar surface area (TPSA) is 33.8 Å². The van der Waals surface area contributed by atoms with Crippen molar-refractivity contribution in [1.29, 1.82) is 0 Å². The van der Waals surface area contributed by atoms with Crippen LogP contribution in [0.2, 0.25) is 0 Å². The summed E-state index contributed by atoms with van der Waals surface area (Å²) in [6.07, 6.45) is -3.79. The third-order valence-electron chi connectivity index (χ3n) is 8.95. The Balaban J connectivity index is 0.000000355. The van der Waals surface area contributed by atoms with Crippen molar-refractivity contribution >= 4 is 65.6 Å². The Morgan fingerprint density at radius 2 is 0.694 bits per heavy atom. The molecular weight excluding hydrogens is 1030 g/mol. The molecule has 3 nitrogen and oxygen atoms in total. The number of hydrogen-bond acceptors (Lipinski definition) is 2. The average molecular weight is 1040 g/mol. The highest BCUT2D eigenvalue weighted by Gasteiger charge is 2.52. The van der Waals surface area contributed by atoms with Gasteiger partial charge in [0, 0.05) is 21.5 Å². The molecule has 326 valence electrons. The van der Waals surface area contributed by atoms with E-state index in [4.69, 9.17) is 0 Å². The molecule has 0 N–H and O–H groups in total. The lowest BCUT2D eigenvalue weighted by Gasteiger charge is -2.44. The maximum atomic E-state index is 15.4. The van der Waals surface area contributed by atoms with Gasteiger partial charge in [0.15, 0.2) is 74.4 Å². The van der Waals surface area contributed by atoms with Gasteiger partial charge in [-0.2, -0.15) is 4.57 Å². The number of hydrogen-bond donors (Lipinski definition) is 0. The first-order chi connectivity index (χ1) is 28.9. The first-order valence-electron chi connectivity index (χ1n) is 15.9. The lowest BCUT2D eigenvalue weighted by atomic mass is 9.12. The SMILES string of the molecule is Fc1c(F)c(F)c([B-](c2c(F)c(F)c(F)c(F)c2F)(c2c(F)c(F)c(F)c(F)c2F)c2c(F)c(F)c(F)c(F)c2F)c(F)c1F.O=C(C[n+]1cc(Br)ncc1Br)c1ccccc1. The molecule has 0 saturated heterocycles. The number of rotatable bonds is 7. The molecule has 0 aliphatic rings. The zero-order valence-electron chi connectivity index (χ0n) is 28.9. The Kier molecular flexibility index (Phi) is 13.6. The minimum absolute atomic E-state index is 0.0643. The minimum atomic E-state index is -7.22. The number of halogens is 22. The number of ketones is 1. The highest BCUT2D eigenvalue weighted by molar-refractivity contribution is 9.10. The predicted octanol–water partition coefficient (Wildman–Crippen LogP) is 8.62. The standard InChI is InChI=1S/C24BF20.C12H9Br2N2O/c26-5-1(6(27)14(35)21(42)13(5)34)25(2-7(28)15(36)22(43)16(37)8(2)29,3-9(30)17(38)23(44)18(39)10(3)31)4-11(32)19(40)24(45)20(41)12(4)33;13-11-8-16(12(14)6-15-11)7-10(17)9-4-2-1-3-5-9/h;1-6,8H,7H2/q-1;+1. The van der Waals surface area contributed by atoms with E-state index in [1.54, 1.807) is 17.0 Å². The largest absolute Gasteiger partial charge is 0.287 e. The summed E-state index contributed by atoms with van der Waals surface area (Å²) >= 11 is 6.64. The number of carbonyl (C=O) groups excluding carboxylic acids is 1. The van der Waals surface area contributed by atoms with Gasteiger partial charge in [-0.25, -0.2) is 92.8 Å². The highest BCUT2D eigenvalue weighted by atomic mass is 79.9. The third kappa shape index (κ3) is 7.57. The van der Waals surface area contributed by atoms with Crippen molar-refractivity contribution in [2.24, 2.45) is 0 Å². The van der Waals surface area contributed by atoms with Gasteiger partial charge in [0.2, 0.25) is 18.5 Å². The summed E-state index contributed by atoms with van der Waals surface area (Å²) < 4.78 is 297. The van der Waals surface area contributed by atoms with E-state index in [0.29, 0.717) is 10.2 Å². The van der Waals surface area contributed by atoms with Gasteiger partial charge in [0.1, 0.15) is 58.9 Å². The number of Topliss-reactive ketones (excluding diaryl/α,β-unsaturated/α-hetero) is 1. The number of carbonyl (C=O) groups is 1. The van der Waals surface area contributed by atoms with Gasteiger partial charge in [0.05, 0.1) is 0 Å². The van der Waals surface area contributed by atoms with Crippen LogP contribution in [-0.2, 0) is 6.54 Å². The molecule has 26 heteroatoms. The summed E-state index contributed by atoms with van der Waals surface area (Å²) in [5.41, 5.74) is -13.6. The van der Waals surface area contributed by atoms with Crippen molar-refractivity contribution in [2.45, 2.75) is 6.54 Å². The number of aromatic nitrogens is 2. The molecule has 62 heavy (non-hydrogen) atoms. The second-order valence-corrected chi connectivity index (χ2v) is 13.9. The molecule has 0 atom stereocenters. The molecule has 1 aromatic heterocycles. The molecule has 0 spiro atoms. The lowest BCUT2D eigenvalue weighted by molar-refractivity contribution is -0.695. The van der Waals surface area contributed by atoms with Crippen molar-refractivity contribution in [3.05, 3.63) is 174 Å². The van der Waals surface area contributed by atoms with Gasteiger partial charge in [0.25, 0.3) is 4.60 Å². The molecule has 6 aromatic rings. The molecule has 0 bridgehead atoms. The Labute approximate surface area is 347 Å². The van der Waals surface area contributed by atoms with Crippen LogP contribution in [0, 0.1) is 116 Å². The van der Waals surface area contributed by atoms with Crippen molar-refractivity contribution in [3.63, 3.8) is 0 Å². The zero-order chi connectivity index (χ0) is 46.6. The number of nitrogens with zero attached hydrogens (tertiary/aromatic N) is 2. The van der Waals surface area contributed by atoms with Gasteiger partial charge in [-0.15, -0.1) is 21.9 Å². The zero-order valence-corrected chi connectivity index (χ0v) is 32.1. The fourth-order valence-corrected chi connectivity index (χ4v) is 6.96. The van der Waals surface area contributed by atoms with Crippen LogP contribution in [0.1, 0.15) is 10.4 Å². The molecule has 0 aliphatic heterocycles. The molecular formula is C36H9BBr2F20N2O. The minimum Gasteiger partial charge on any atom is -0.287 e. The summed E-state index contributed by atoms with van der Waals surface area (Å²) in [5.74, 6) is -71.3. The first-order valence-corrected chi connectivity index (χ1v) is 17.5. The van der Waals surface area contributed by atoms with Crippen LogP contribution < -0.4 is 26.4 Å². The quantitative estimate of drug-likeness (QED) is 0.0401. The van der Waals surface area contributed by atoms with E-state index in [1.165, 1.54) is 0 Å². The highest BCUT2D eigenvalue weighted by Crippen LogP contribution is 2.30. The van der Waals surface area contributed by atoms with Gasteiger partial charge in [-0.1, -0.05) is 30.3 Å². The smallest absolute Gasteiger partial charge is 0.266 e. The van der Waals surface area contributed by atoms with Gasteiger partial charge >= 0.3 is 0 Å². The maximum Gasteiger partial charge on any atom is 0.266 e. The Hall–Kier alpha value is -5.53. The van der Waals surface area contributed by atoms with E-state index in [0.717, 1.165) is 4.60 Å². The second-order valence-electron chi connectivity index (χ2n) is 12.3. The molecule has 0 amide bonds. The molecule has 6 rings (SSSR count). The van der Waals surface area contributed by atoms with E-state index in [9.17, 15) is 57.5 Å². The maximum absolute atomic E-state index is 15.4. The van der Waals surface area contributed by atoms with E-state index in [2.05, 4.69) is 36.8 Å². The number of benzene rings is 5. The van der Waals surface area contributed by atoms with Crippen molar-refractivity contribution < 1.29 is 97.2 Å². The fraction of sp³-hybridized carbons (Fsp3) is 0.0278. The van der Waals surface area contributed by atoms with Crippen LogP contribution in [0.4, 0.5) is 87.8 Å². The summed E-state index contributed by atoms with van der Waals surface area (Å²) in [4.78, 5) is 16.1. The summed E-state index contributed by atoms with van der Waals surface area (Å²) in [7, 11) is 0. The molecule has 1 heterocycles. The summed E-state index contributed by atoms with van der Waals surface area (Å²) in [6.45, 7) is 0.283.